The van der Waals surface area contributed by atoms with Gasteiger partial charge in [0.15, 0.2) is 0 Å². The van der Waals surface area contributed by atoms with Crippen molar-refractivity contribution < 1.29 is 0 Å². The number of aromatic nitrogens is 2. The molecule has 0 bridgehead atoms. The normalized spacial score (nSPS) is 17.2. The van der Waals surface area contributed by atoms with Gasteiger partial charge in [-0.25, -0.2) is 4.98 Å². The third kappa shape index (κ3) is 4.50. The highest BCUT2D eigenvalue weighted by molar-refractivity contribution is 5.85. The highest BCUT2D eigenvalue weighted by Gasteiger charge is 2.17. The Morgan fingerprint density at radius 3 is 2.54 bits per heavy atom. The molecule has 1 fully saturated rings. The second-order valence-electron chi connectivity index (χ2n) is 7.15. The van der Waals surface area contributed by atoms with Crippen molar-refractivity contribution in [2.75, 3.05) is 40.3 Å². The minimum Gasteiger partial charge on any atom is -0.324 e. The Morgan fingerprint density at radius 1 is 1.12 bits per heavy atom. The minimum atomic E-state index is 0. The first-order valence-corrected chi connectivity index (χ1v) is 8.98. The van der Waals surface area contributed by atoms with Crippen molar-refractivity contribution in [1.29, 1.82) is 0 Å². The largest absolute Gasteiger partial charge is 0.324 e. The molecule has 0 N–H and O–H groups in total. The molecule has 1 aromatic carbocycles. The van der Waals surface area contributed by atoms with Crippen molar-refractivity contribution in [2.24, 2.45) is 0 Å². The molecule has 1 aliphatic heterocycles. The average molecular weight is 351 g/mol. The van der Waals surface area contributed by atoms with Crippen molar-refractivity contribution in [1.82, 2.24) is 19.4 Å². The molecule has 4 nitrogen and oxygen atoms in total. The third-order valence-electron chi connectivity index (χ3n) is 4.84. The van der Waals surface area contributed by atoms with Crippen LogP contribution in [-0.2, 0) is 6.42 Å². The van der Waals surface area contributed by atoms with Gasteiger partial charge in [0, 0.05) is 25.6 Å². The molecule has 134 valence electrons. The molecular formula is C19H31ClN4. The molecule has 0 amide bonds. The topological polar surface area (TPSA) is 24.3 Å². The fraction of sp³-hybridized carbons (Fsp3) is 0.632. The van der Waals surface area contributed by atoms with E-state index in [-0.39, 0.29) is 12.4 Å². The zero-order chi connectivity index (χ0) is 16.2. The maximum atomic E-state index is 4.94. The smallest absolute Gasteiger partial charge is 0.111 e. The third-order valence-corrected chi connectivity index (χ3v) is 4.84. The maximum absolute atomic E-state index is 4.94. The predicted molar refractivity (Wildman–Crippen MR) is 104 cm³/mol. The van der Waals surface area contributed by atoms with Crippen LogP contribution >= 0.6 is 12.4 Å². The van der Waals surface area contributed by atoms with Gasteiger partial charge in [0.1, 0.15) is 5.82 Å². The van der Waals surface area contributed by atoms with Gasteiger partial charge in [-0.15, -0.1) is 12.4 Å². The summed E-state index contributed by atoms with van der Waals surface area (Å²) in [6.45, 7) is 6.99. The summed E-state index contributed by atoms with van der Waals surface area (Å²) >= 11 is 0. The zero-order valence-electron chi connectivity index (χ0n) is 15.2. The number of benzene rings is 1. The molecule has 1 unspecified atom stereocenters. The summed E-state index contributed by atoms with van der Waals surface area (Å²) < 4.78 is 2.46. The van der Waals surface area contributed by atoms with E-state index < -0.39 is 0 Å². The van der Waals surface area contributed by atoms with Gasteiger partial charge in [-0.2, -0.15) is 0 Å². The predicted octanol–water partition coefficient (Wildman–Crippen LogP) is 3.61. The lowest BCUT2D eigenvalue weighted by atomic mass is 10.1. The van der Waals surface area contributed by atoms with E-state index in [9.17, 15) is 0 Å². The summed E-state index contributed by atoms with van der Waals surface area (Å²) in [5.74, 6) is 1.24. The van der Waals surface area contributed by atoms with Gasteiger partial charge in [0.25, 0.3) is 0 Å². The van der Waals surface area contributed by atoms with Crippen LogP contribution in [0.5, 0.6) is 0 Å². The Bertz CT molecular complexity index is 631. The summed E-state index contributed by atoms with van der Waals surface area (Å²) in [6.07, 6.45) is 5.15. The number of imidazole rings is 1. The number of hydrogen-bond donors (Lipinski definition) is 0. The van der Waals surface area contributed by atoms with Gasteiger partial charge in [-0.1, -0.05) is 18.6 Å². The number of fused-ring (bicyclic) bond motifs is 1. The lowest BCUT2D eigenvalue weighted by Gasteiger charge is -2.27. The summed E-state index contributed by atoms with van der Waals surface area (Å²) in [5, 5.41) is 0. The van der Waals surface area contributed by atoms with E-state index in [0.717, 1.165) is 25.0 Å². The number of likely N-dealkylation sites (N-methyl/N-ethyl adjacent to an activating group) is 1. The first kappa shape index (κ1) is 19.2. The molecule has 0 spiro atoms. The molecule has 1 saturated heterocycles. The number of hydrogen-bond acceptors (Lipinski definition) is 3. The first-order chi connectivity index (χ1) is 11.1. The van der Waals surface area contributed by atoms with Gasteiger partial charge >= 0.3 is 0 Å². The highest BCUT2D eigenvalue weighted by Crippen LogP contribution is 2.22. The van der Waals surface area contributed by atoms with E-state index in [1.165, 1.54) is 43.7 Å². The Balaban J connectivity index is 0.00000208. The van der Waals surface area contributed by atoms with E-state index >= 15 is 0 Å². The van der Waals surface area contributed by atoms with Crippen molar-refractivity contribution in [3.05, 3.63) is 30.1 Å². The van der Waals surface area contributed by atoms with E-state index in [2.05, 4.69) is 59.7 Å². The van der Waals surface area contributed by atoms with Crippen molar-refractivity contribution >= 4 is 23.4 Å². The lowest BCUT2D eigenvalue weighted by molar-refractivity contribution is 0.228. The van der Waals surface area contributed by atoms with Gasteiger partial charge in [0.05, 0.1) is 11.0 Å². The molecule has 0 saturated carbocycles. The molecule has 2 aromatic rings. The van der Waals surface area contributed by atoms with Gasteiger partial charge in [-0.3, -0.25) is 0 Å². The second kappa shape index (κ2) is 8.84. The summed E-state index contributed by atoms with van der Waals surface area (Å²) in [5.41, 5.74) is 2.40. The molecule has 24 heavy (non-hydrogen) atoms. The van der Waals surface area contributed by atoms with Crippen LogP contribution in [0.1, 0.15) is 38.1 Å². The molecule has 1 aromatic heterocycles. The van der Waals surface area contributed by atoms with Crippen LogP contribution in [0.2, 0.25) is 0 Å². The maximum Gasteiger partial charge on any atom is 0.111 e. The van der Waals surface area contributed by atoms with E-state index in [1.807, 2.05) is 0 Å². The number of rotatable bonds is 6. The number of likely N-dealkylation sites (tertiary alicyclic amines) is 1. The van der Waals surface area contributed by atoms with E-state index in [0.29, 0.717) is 6.04 Å². The van der Waals surface area contributed by atoms with E-state index in [4.69, 9.17) is 4.98 Å². The van der Waals surface area contributed by atoms with Gasteiger partial charge < -0.3 is 14.4 Å². The second-order valence-corrected chi connectivity index (χ2v) is 7.15. The van der Waals surface area contributed by atoms with Crippen LogP contribution in [0, 0.1) is 0 Å². The monoisotopic (exact) mass is 350 g/mol. The molecule has 2 heterocycles. The number of nitrogens with zero attached hydrogens (tertiary/aromatic N) is 4. The summed E-state index contributed by atoms with van der Waals surface area (Å²) in [7, 11) is 4.28. The molecule has 1 aliphatic rings. The van der Waals surface area contributed by atoms with Crippen molar-refractivity contribution in [3.8, 4) is 0 Å². The summed E-state index contributed by atoms with van der Waals surface area (Å²) in [4.78, 5) is 9.80. The number of para-hydroxylation sites is 2. The van der Waals surface area contributed by atoms with E-state index in [1.54, 1.807) is 0 Å². The van der Waals surface area contributed by atoms with Crippen LogP contribution in [0.4, 0.5) is 0 Å². The molecule has 3 rings (SSSR count). The summed E-state index contributed by atoms with van der Waals surface area (Å²) in [6, 6.07) is 8.99. The van der Waals surface area contributed by atoms with Crippen LogP contribution in [-0.4, -0.2) is 59.6 Å². The number of piperidine rings is 1. The molecule has 5 heteroatoms. The Morgan fingerprint density at radius 2 is 1.83 bits per heavy atom. The van der Waals surface area contributed by atoms with Crippen LogP contribution in [0.25, 0.3) is 11.0 Å². The standard InChI is InChI=1S/C19H30N4.ClH/c1-16(15-21(2)3)23-18-10-6-5-9-17(18)20-19(23)11-14-22-12-7-4-8-13-22;/h5-6,9-10,16H,4,7-8,11-15H2,1-3H3;1H. The SMILES string of the molecule is CC(CN(C)C)n1c(CCN2CCCCC2)nc2ccccc21.Cl. The van der Waals surface area contributed by atoms with Crippen LogP contribution in [0.15, 0.2) is 24.3 Å². The van der Waals surface area contributed by atoms with Crippen molar-refractivity contribution in [2.45, 2.75) is 38.6 Å². The Labute approximate surface area is 152 Å². The Kier molecular flexibility index (Phi) is 7.08. The van der Waals surface area contributed by atoms with Crippen molar-refractivity contribution in [3.63, 3.8) is 0 Å². The quantitative estimate of drug-likeness (QED) is 0.795. The fourth-order valence-corrected chi connectivity index (χ4v) is 3.81. The molecular weight excluding hydrogens is 320 g/mol. The lowest BCUT2D eigenvalue weighted by Crippen LogP contribution is -2.32. The number of halogens is 1. The molecule has 0 aliphatic carbocycles. The molecule has 0 radical (unpaired) electrons. The van der Waals surface area contributed by atoms with Crippen LogP contribution < -0.4 is 0 Å². The van der Waals surface area contributed by atoms with Gasteiger partial charge in [0.2, 0.25) is 0 Å². The Hall–Kier alpha value is -1.10. The average Bonchev–Trinajstić information content (AvgIpc) is 2.91. The fourth-order valence-electron chi connectivity index (χ4n) is 3.81. The highest BCUT2D eigenvalue weighted by atomic mass is 35.5. The zero-order valence-corrected chi connectivity index (χ0v) is 16.1. The van der Waals surface area contributed by atoms with Gasteiger partial charge in [-0.05, 0) is 59.1 Å². The first-order valence-electron chi connectivity index (χ1n) is 8.98. The molecule has 1 atom stereocenters. The minimum absolute atomic E-state index is 0. The van der Waals surface area contributed by atoms with Crippen LogP contribution in [0.3, 0.4) is 0 Å².